The van der Waals surface area contributed by atoms with Gasteiger partial charge in [-0.2, -0.15) is 0 Å². The molecule has 25 heavy (non-hydrogen) atoms. The van der Waals surface area contributed by atoms with E-state index in [1.807, 2.05) is 35.2 Å². The minimum absolute atomic E-state index is 0.233. The highest BCUT2D eigenvalue weighted by molar-refractivity contribution is 5.70. The number of hydrogen-bond donors (Lipinski definition) is 0. The third kappa shape index (κ3) is 3.85. The Morgan fingerprint density at radius 2 is 1.60 bits per heavy atom. The lowest BCUT2D eigenvalue weighted by molar-refractivity contribution is 0.153. The number of amides is 1. The molecule has 2 aromatic rings. The highest BCUT2D eigenvalue weighted by atomic mass is 16.6. The summed E-state index contributed by atoms with van der Waals surface area (Å²) >= 11 is 0. The minimum atomic E-state index is -0.233. The first-order valence-corrected chi connectivity index (χ1v) is 9.12. The average Bonchev–Trinajstić information content (AvgIpc) is 3.46. The van der Waals surface area contributed by atoms with Gasteiger partial charge in [-0.05, 0) is 30.5 Å². The molecule has 2 aliphatic rings. The second-order valence-electron chi connectivity index (χ2n) is 6.88. The zero-order valence-electron chi connectivity index (χ0n) is 14.4. The number of hydrogen-bond acceptors (Lipinski definition) is 3. The molecule has 0 N–H and O–H groups in total. The van der Waals surface area contributed by atoms with Gasteiger partial charge in [-0.1, -0.05) is 48.5 Å². The van der Waals surface area contributed by atoms with Crippen LogP contribution in [0.15, 0.2) is 60.7 Å². The molecule has 0 spiro atoms. The fourth-order valence-corrected chi connectivity index (χ4v) is 3.75. The van der Waals surface area contributed by atoms with E-state index in [-0.39, 0.29) is 6.09 Å². The van der Waals surface area contributed by atoms with Crippen molar-refractivity contribution in [2.45, 2.75) is 24.8 Å². The molecule has 2 atom stereocenters. The number of para-hydroxylation sites is 1. The molecule has 2 fully saturated rings. The van der Waals surface area contributed by atoms with E-state index in [2.05, 4.69) is 35.2 Å². The Bertz CT molecular complexity index is 704. The zero-order valence-corrected chi connectivity index (χ0v) is 14.4. The van der Waals surface area contributed by atoms with E-state index in [0.29, 0.717) is 17.7 Å². The van der Waals surface area contributed by atoms with Crippen molar-refractivity contribution in [2.75, 3.05) is 26.2 Å². The van der Waals surface area contributed by atoms with Crippen LogP contribution in [0.2, 0.25) is 0 Å². The Balaban J connectivity index is 1.31. The van der Waals surface area contributed by atoms with Gasteiger partial charge in [-0.3, -0.25) is 4.90 Å². The summed E-state index contributed by atoms with van der Waals surface area (Å²) in [6.45, 7) is 3.50. The molecule has 2 aromatic carbocycles. The maximum Gasteiger partial charge on any atom is 0.415 e. The first-order valence-electron chi connectivity index (χ1n) is 9.12. The van der Waals surface area contributed by atoms with E-state index < -0.39 is 0 Å². The van der Waals surface area contributed by atoms with Gasteiger partial charge in [-0.25, -0.2) is 4.79 Å². The second-order valence-corrected chi connectivity index (χ2v) is 6.88. The van der Waals surface area contributed by atoms with Crippen LogP contribution in [-0.4, -0.2) is 48.1 Å². The Hall–Kier alpha value is -2.33. The largest absolute Gasteiger partial charge is 0.415 e. The Morgan fingerprint density at radius 1 is 0.880 bits per heavy atom. The van der Waals surface area contributed by atoms with Crippen molar-refractivity contribution in [3.05, 3.63) is 66.2 Å². The molecule has 130 valence electrons. The van der Waals surface area contributed by atoms with Crippen molar-refractivity contribution in [3.63, 3.8) is 0 Å². The molecule has 1 aliphatic heterocycles. The molecular formula is C21H24N2O2. The molecule has 1 amide bonds. The van der Waals surface area contributed by atoms with Crippen molar-refractivity contribution in [1.82, 2.24) is 9.80 Å². The standard InChI is InChI=1S/C21H24N2O2/c24-21(25-18-10-5-2-6-11-18)23-13-7-12-22(14-15-23)20-16-19(20)17-8-3-1-4-9-17/h1-6,8-11,19-20H,7,12-16H2/t19-,20+/m0/s1. The van der Waals surface area contributed by atoms with E-state index in [9.17, 15) is 4.79 Å². The number of ether oxygens (including phenoxy) is 1. The summed E-state index contributed by atoms with van der Waals surface area (Å²) < 4.78 is 5.48. The summed E-state index contributed by atoms with van der Waals surface area (Å²) in [7, 11) is 0. The molecule has 1 saturated carbocycles. The zero-order chi connectivity index (χ0) is 17.1. The Morgan fingerprint density at radius 3 is 2.36 bits per heavy atom. The van der Waals surface area contributed by atoms with Gasteiger partial charge in [0.25, 0.3) is 0 Å². The van der Waals surface area contributed by atoms with Gasteiger partial charge in [0.1, 0.15) is 5.75 Å². The van der Waals surface area contributed by atoms with Crippen LogP contribution in [0.3, 0.4) is 0 Å². The van der Waals surface area contributed by atoms with Crippen LogP contribution in [0.1, 0.15) is 24.3 Å². The molecule has 0 bridgehead atoms. The van der Waals surface area contributed by atoms with E-state index in [0.717, 1.165) is 32.6 Å². The van der Waals surface area contributed by atoms with E-state index >= 15 is 0 Å². The average molecular weight is 336 g/mol. The van der Waals surface area contributed by atoms with Crippen molar-refractivity contribution in [3.8, 4) is 5.75 Å². The van der Waals surface area contributed by atoms with Gasteiger partial charge >= 0.3 is 6.09 Å². The molecule has 4 heteroatoms. The topological polar surface area (TPSA) is 32.8 Å². The third-order valence-corrected chi connectivity index (χ3v) is 5.19. The second kappa shape index (κ2) is 7.28. The molecule has 1 heterocycles. The monoisotopic (exact) mass is 336 g/mol. The molecule has 0 radical (unpaired) electrons. The predicted molar refractivity (Wildman–Crippen MR) is 97.8 cm³/mol. The van der Waals surface area contributed by atoms with Crippen LogP contribution in [-0.2, 0) is 0 Å². The minimum Gasteiger partial charge on any atom is -0.410 e. The van der Waals surface area contributed by atoms with Crippen LogP contribution in [0.4, 0.5) is 4.79 Å². The first-order chi connectivity index (χ1) is 12.3. The van der Waals surface area contributed by atoms with Crippen molar-refractivity contribution in [2.24, 2.45) is 0 Å². The van der Waals surface area contributed by atoms with Crippen LogP contribution in [0.5, 0.6) is 5.75 Å². The fraction of sp³-hybridized carbons (Fsp3) is 0.381. The van der Waals surface area contributed by atoms with Gasteiger partial charge in [0, 0.05) is 38.1 Å². The highest BCUT2D eigenvalue weighted by Gasteiger charge is 2.42. The lowest BCUT2D eigenvalue weighted by Gasteiger charge is -2.22. The summed E-state index contributed by atoms with van der Waals surface area (Å²) in [5.74, 6) is 1.27. The normalized spacial score (nSPS) is 23.8. The van der Waals surface area contributed by atoms with Crippen molar-refractivity contribution < 1.29 is 9.53 Å². The lowest BCUT2D eigenvalue weighted by atomic mass is 10.1. The number of rotatable bonds is 3. The highest BCUT2D eigenvalue weighted by Crippen LogP contribution is 2.44. The Kier molecular flexibility index (Phi) is 4.70. The summed E-state index contributed by atoms with van der Waals surface area (Å²) in [6, 6.07) is 20.7. The van der Waals surface area contributed by atoms with Crippen molar-refractivity contribution >= 4 is 6.09 Å². The molecule has 4 nitrogen and oxygen atoms in total. The van der Waals surface area contributed by atoms with Crippen LogP contribution >= 0.6 is 0 Å². The molecule has 4 rings (SSSR count). The predicted octanol–water partition coefficient (Wildman–Crippen LogP) is 3.75. The summed E-state index contributed by atoms with van der Waals surface area (Å²) in [4.78, 5) is 16.8. The van der Waals surface area contributed by atoms with Gasteiger partial charge in [0.15, 0.2) is 0 Å². The summed E-state index contributed by atoms with van der Waals surface area (Å²) in [6.07, 6.45) is 2.00. The van der Waals surface area contributed by atoms with E-state index in [4.69, 9.17) is 4.74 Å². The van der Waals surface area contributed by atoms with Gasteiger partial charge in [0.2, 0.25) is 0 Å². The number of carbonyl (C=O) groups excluding carboxylic acids is 1. The summed E-state index contributed by atoms with van der Waals surface area (Å²) in [5.41, 5.74) is 1.44. The smallest absolute Gasteiger partial charge is 0.410 e. The maximum atomic E-state index is 12.4. The molecule has 1 aliphatic carbocycles. The van der Waals surface area contributed by atoms with Gasteiger partial charge < -0.3 is 9.64 Å². The maximum absolute atomic E-state index is 12.4. The van der Waals surface area contributed by atoms with Gasteiger partial charge in [-0.15, -0.1) is 0 Å². The SMILES string of the molecule is O=C(Oc1ccccc1)N1CCCN([C@@H]2C[C@H]2c2ccccc2)CC1. The van der Waals surface area contributed by atoms with Crippen LogP contribution in [0.25, 0.3) is 0 Å². The fourth-order valence-electron chi connectivity index (χ4n) is 3.75. The van der Waals surface area contributed by atoms with E-state index in [1.54, 1.807) is 0 Å². The van der Waals surface area contributed by atoms with E-state index in [1.165, 1.54) is 12.0 Å². The van der Waals surface area contributed by atoms with Crippen molar-refractivity contribution in [1.29, 1.82) is 0 Å². The van der Waals surface area contributed by atoms with Crippen LogP contribution < -0.4 is 4.74 Å². The molecule has 0 unspecified atom stereocenters. The molecule has 0 aromatic heterocycles. The summed E-state index contributed by atoms with van der Waals surface area (Å²) in [5, 5.41) is 0. The molecular weight excluding hydrogens is 312 g/mol. The number of benzene rings is 2. The van der Waals surface area contributed by atoms with Gasteiger partial charge in [0.05, 0.1) is 0 Å². The Labute approximate surface area is 149 Å². The molecule has 1 saturated heterocycles. The quantitative estimate of drug-likeness (QED) is 0.856. The number of nitrogens with zero attached hydrogens (tertiary/aromatic N) is 2. The first kappa shape index (κ1) is 16.2. The third-order valence-electron chi connectivity index (χ3n) is 5.19. The lowest BCUT2D eigenvalue weighted by Crippen LogP contribution is -2.37. The number of carbonyl (C=O) groups is 1. The van der Waals surface area contributed by atoms with Crippen LogP contribution in [0, 0.1) is 0 Å².